The third-order valence-corrected chi connectivity index (χ3v) is 2.26. The fourth-order valence-electron chi connectivity index (χ4n) is 1.25. The number of hydrogen-bond donors (Lipinski definition) is 1. The molecular formula is C14H17NO4. The summed E-state index contributed by atoms with van der Waals surface area (Å²) in [4.78, 5) is 22.3. The van der Waals surface area contributed by atoms with E-state index >= 15 is 0 Å². The molecule has 0 aliphatic carbocycles. The second-order valence-corrected chi connectivity index (χ2v) is 3.95. The van der Waals surface area contributed by atoms with Crippen LogP contribution in [0.1, 0.15) is 6.92 Å². The Balaban J connectivity index is 2.30. The van der Waals surface area contributed by atoms with Gasteiger partial charge in [0.2, 0.25) is 0 Å². The van der Waals surface area contributed by atoms with E-state index < -0.39 is 12.1 Å². The molecule has 0 spiro atoms. The molecule has 0 aliphatic rings. The van der Waals surface area contributed by atoms with Crippen LogP contribution in [-0.2, 0) is 14.3 Å². The summed E-state index contributed by atoms with van der Waals surface area (Å²) >= 11 is 0. The van der Waals surface area contributed by atoms with Crippen LogP contribution in [0, 0.1) is 5.92 Å². The molecule has 1 N–H and O–H groups in total. The van der Waals surface area contributed by atoms with Crippen molar-refractivity contribution in [2.45, 2.75) is 6.92 Å². The largest absolute Gasteiger partial charge is 0.466 e. The number of rotatable bonds is 5. The molecule has 102 valence electrons. The van der Waals surface area contributed by atoms with Crippen LogP contribution < -0.4 is 5.32 Å². The van der Waals surface area contributed by atoms with Gasteiger partial charge in [-0.05, 0) is 12.1 Å². The highest BCUT2D eigenvalue weighted by atomic mass is 16.5. The highest BCUT2D eigenvalue weighted by molar-refractivity contribution is 5.84. The zero-order chi connectivity index (χ0) is 14.1. The maximum absolute atomic E-state index is 11.5. The minimum absolute atomic E-state index is 0.0689. The van der Waals surface area contributed by atoms with E-state index in [1.165, 1.54) is 13.2 Å². The predicted octanol–water partition coefficient (Wildman–Crippen LogP) is 2.60. The number of benzene rings is 1. The van der Waals surface area contributed by atoms with Crippen LogP contribution in [0.2, 0.25) is 0 Å². The van der Waals surface area contributed by atoms with Gasteiger partial charge in [-0.25, -0.2) is 9.59 Å². The summed E-state index contributed by atoms with van der Waals surface area (Å²) in [6.07, 6.45) is 2.41. The van der Waals surface area contributed by atoms with Crippen molar-refractivity contribution < 1.29 is 19.1 Å². The molecule has 1 unspecified atom stereocenters. The van der Waals surface area contributed by atoms with Crippen LogP contribution in [0.15, 0.2) is 42.5 Å². The SMILES string of the molecule is COC(=O)/C=C/C(C)COC(=O)Nc1ccccc1. The molecule has 1 atom stereocenters. The van der Waals surface area contributed by atoms with Crippen LogP contribution in [0.3, 0.4) is 0 Å². The van der Waals surface area contributed by atoms with Gasteiger partial charge >= 0.3 is 12.1 Å². The molecule has 1 rings (SSSR count). The van der Waals surface area contributed by atoms with Gasteiger partial charge in [0.1, 0.15) is 0 Å². The summed E-state index contributed by atoms with van der Waals surface area (Å²) in [5.74, 6) is -0.499. The summed E-state index contributed by atoms with van der Waals surface area (Å²) in [7, 11) is 1.31. The zero-order valence-electron chi connectivity index (χ0n) is 11.0. The first-order valence-electron chi connectivity index (χ1n) is 5.87. The van der Waals surface area contributed by atoms with Gasteiger partial charge in [0.05, 0.1) is 13.7 Å². The number of esters is 1. The first kappa shape index (κ1) is 14.8. The number of methoxy groups -OCH3 is 1. The Bertz CT molecular complexity index is 442. The van der Waals surface area contributed by atoms with Gasteiger partial charge in [-0.1, -0.05) is 31.2 Å². The van der Waals surface area contributed by atoms with E-state index in [1.807, 2.05) is 25.1 Å². The van der Waals surface area contributed by atoms with Crippen LogP contribution >= 0.6 is 0 Å². The molecule has 0 radical (unpaired) electrons. The minimum Gasteiger partial charge on any atom is -0.466 e. The first-order valence-corrected chi connectivity index (χ1v) is 5.87. The molecular weight excluding hydrogens is 246 g/mol. The Morgan fingerprint density at radius 1 is 1.32 bits per heavy atom. The molecule has 5 nitrogen and oxygen atoms in total. The van der Waals surface area contributed by atoms with E-state index in [0.29, 0.717) is 5.69 Å². The first-order chi connectivity index (χ1) is 9.11. The van der Waals surface area contributed by atoms with E-state index in [1.54, 1.807) is 18.2 Å². The van der Waals surface area contributed by atoms with Crippen molar-refractivity contribution in [1.82, 2.24) is 0 Å². The van der Waals surface area contributed by atoms with Crippen molar-refractivity contribution in [1.29, 1.82) is 0 Å². The second kappa shape index (κ2) is 7.92. The monoisotopic (exact) mass is 263 g/mol. The standard InChI is InChI=1S/C14H17NO4/c1-11(8-9-13(16)18-2)10-19-14(17)15-12-6-4-3-5-7-12/h3-9,11H,10H2,1-2H3,(H,15,17)/b9-8+. The lowest BCUT2D eigenvalue weighted by Gasteiger charge is -2.09. The number of carbonyl (C=O) groups is 2. The quantitative estimate of drug-likeness (QED) is 0.655. The number of anilines is 1. The van der Waals surface area contributed by atoms with Crippen LogP contribution in [-0.4, -0.2) is 25.8 Å². The summed E-state index contributed by atoms with van der Waals surface area (Å²) in [5.41, 5.74) is 0.672. The van der Waals surface area contributed by atoms with E-state index in [0.717, 1.165) is 0 Å². The third-order valence-electron chi connectivity index (χ3n) is 2.26. The molecule has 1 aromatic rings. The zero-order valence-corrected chi connectivity index (χ0v) is 11.0. The molecule has 0 aliphatic heterocycles. The molecule has 0 aromatic heterocycles. The molecule has 0 bridgehead atoms. The average molecular weight is 263 g/mol. The van der Waals surface area contributed by atoms with Crippen molar-refractivity contribution in [2.75, 3.05) is 19.0 Å². The molecule has 1 aromatic carbocycles. The van der Waals surface area contributed by atoms with Crippen molar-refractivity contribution in [2.24, 2.45) is 5.92 Å². The lowest BCUT2D eigenvalue weighted by molar-refractivity contribution is -0.134. The minimum atomic E-state index is -0.524. The van der Waals surface area contributed by atoms with Gasteiger partial charge in [-0.3, -0.25) is 5.32 Å². The Morgan fingerprint density at radius 2 is 2.00 bits per heavy atom. The van der Waals surface area contributed by atoms with Crippen molar-refractivity contribution in [3.63, 3.8) is 0 Å². The third kappa shape index (κ3) is 6.26. The van der Waals surface area contributed by atoms with Gasteiger partial charge in [0.25, 0.3) is 0 Å². The van der Waals surface area contributed by atoms with Gasteiger partial charge in [0, 0.05) is 17.7 Å². The number of ether oxygens (including phenoxy) is 2. The molecule has 0 heterocycles. The summed E-state index contributed by atoms with van der Waals surface area (Å²) < 4.78 is 9.48. The number of carbonyl (C=O) groups excluding carboxylic acids is 2. The van der Waals surface area contributed by atoms with Gasteiger partial charge in [-0.15, -0.1) is 0 Å². The lowest BCUT2D eigenvalue weighted by atomic mass is 10.2. The molecule has 0 saturated carbocycles. The van der Waals surface area contributed by atoms with Gasteiger partial charge < -0.3 is 9.47 Å². The van der Waals surface area contributed by atoms with Crippen molar-refractivity contribution in [3.8, 4) is 0 Å². The van der Waals surface area contributed by atoms with Gasteiger partial charge in [-0.2, -0.15) is 0 Å². The Hall–Kier alpha value is -2.30. The summed E-state index contributed by atoms with van der Waals surface area (Å²) in [6.45, 7) is 2.02. The number of para-hydroxylation sites is 1. The van der Waals surface area contributed by atoms with Crippen LogP contribution in [0.4, 0.5) is 10.5 Å². The fourth-order valence-corrected chi connectivity index (χ4v) is 1.25. The maximum atomic E-state index is 11.5. The molecule has 0 saturated heterocycles. The second-order valence-electron chi connectivity index (χ2n) is 3.95. The Morgan fingerprint density at radius 3 is 2.63 bits per heavy atom. The highest BCUT2D eigenvalue weighted by Crippen LogP contribution is 2.06. The van der Waals surface area contributed by atoms with Crippen LogP contribution in [0.25, 0.3) is 0 Å². The highest BCUT2D eigenvalue weighted by Gasteiger charge is 2.05. The molecule has 1 amide bonds. The predicted molar refractivity (Wildman–Crippen MR) is 71.7 cm³/mol. The number of nitrogens with one attached hydrogen (secondary N) is 1. The van der Waals surface area contributed by atoms with E-state index in [4.69, 9.17) is 4.74 Å². The molecule has 19 heavy (non-hydrogen) atoms. The maximum Gasteiger partial charge on any atom is 0.411 e. The average Bonchev–Trinajstić information content (AvgIpc) is 2.43. The van der Waals surface area contributed by atoms with Gasteiger partial charge in [0.15, 0.2) is 0 Å². The van der Waals surface area contributed by atoms with Crippen molar-refractivity contribution >= 4 is 17.7 Å². The number of hydrogen-bond acceptors (Lipinski definition) is 4. The summed E-state index contributed by atoms with van der Waals surface area (Å²) in [6, 6.07) is 9.02. The Kier molecular flexibility index (Phi) is 6.15. The topological polar surface area (TPSA) is 64.6 Å². The molecule has 0 fully saturated rings. The van der Waals surface area contributed by atoms with Crippen LogP contribution in [0.5, 0.6) is 0 Å². The summed E-state index contributed by atoms with van der Waals surface area (Å²) in [5, 5.41) is 2.60. The smallest absolute Gasteiger partial charge is 0.411 e. The van der Waals surface area contributed by atoms with E-state index in [9.17, 15) is 9.59 Å². The lowest BCUT2D eigenvalue weighted by Crippen LogP contribution is -2.17. The van der Waals surface area contributed by atoms with E-state index in [-0.39, 0.29) is 12.5 Å². The Labute approximate surface area is 112 Å². The number of amides is 1. The van der Waals surface area contributed by atoms with E-state index in [2.05, 4.69) is 10.1 Å². The fraction of sp³-hybridized carbons (Fsp3) is 0.286. The normalized spacial score (nSPS) is 11.9. The molecule has 5 heteroatoms. The van der Waals surface area contributed by atoms with Crippen molar-refractivity contribution in [3.05, 3.63) is 42.5 Å².